The van der Waals surface area contributed by atoms with Gasteiger partial charge in [-0.3, -0.25) is 9.52 Å². The second-order valence-corrected chi connectivity index (χ2v) is 11.8. The maximum atomic E-state index is 12.7. The number of hydrogen-bond acceptors (Lipinski definition) is 5. The van der Waals surface area contributed by atoms with E-state index in [1.165, 1.54) is 42.7 Å². The van der Waals surface area contributed by atoms with E-state index in [4.69, 9.17) is 0 Å². The molecule has 0 aliphatic carbocycles. The first-order valence-electron chi connectivity index (χ1n) is 10.2. The number of hydrogen-bond donors (Lipinski definition) is 2. The normalized spacial score (nSPS) is 17.8. The van der Waals surface area contributed by atoms with Crippen molar-refractivity contribution in [2.45, 2.75) is 24.7 Å². The number of nitrogens with zero attached hydrogens (tertiary/aromatic N) is 2. The lowest BCUT2D eigenvalue weighted by atomic mass is 9.99. The molecule has 0 spiro atoms. The van der Waals surface area contributed by atoms with Gasteiger partial charge in [0.15, 0.2) is 0 Å². The van der Waals surface area contributed by atoms with Crippen molar-refractivity contribution in [1.29, 1.82) is 0 Å². The van der Waals surface area contributed by atoms with E-state index in [9.17, 15) is 21.6 Å². The molecule has 2 N–H and O–H groups in total. The second-order valence-electron chi connectivity index (χ2n) is 7.98. The van der Waals surface area contributed by atoms with Crippen molar-refractivity contribution in [3.63, 3.8) is 0 Å². The van der Waals surface area contributed by atoms with Gasteiger partial charge in [-0.05, 0) is 61.7 Å². The molecule has 1 heterocycles. The highest BCUT2D eigenvalue weighted by atomic mass is 32.2. The molecule has 0 saturated carbocycles. The van der Waals surface area contributed by atoms with Gasteiger partial charge < -0.3 is 5.32 Å². The number of piperidine rings is 1. The van der Waals surface area contributed by atoms with Gasteiger partial charge in [0.1, 0.15) is 0 Å². The molecule has 1 saturated heterocycles. The number of anilines is 2. The van der Waals surface area contributed by atoms with Crippen molar-refractivity contribution in [1.82, 2.24) is 8.61 Å². The summed E-state index contributed by atoms with van der Waals surface area (Å²) in [6.07, 6.45) is 1.17. The smallest absolute Gasteiger partial charge is 0.281 e. The van der Waals surface area contributed by atoms with Crippen LogP contribution in [0.4, 0.5) is 11.4 Å². The molecule has 0 unspecified atom stereocenters. The molecule has 0 aromatic heterocycles. The van der Waals surface area contributed by atoms with Crippen molar-refractivity contribution in [3.05, 3.63) is 54.1 Å². The topological polar surface area (TPSA) is 116 Å². The average Bonchev–Trinajstić information content (AvgIpc) is 2.74. The summed E-state index contributed by atoms with van der Waals surface area (Å²) in [4.78, 5) is 12.8. The van der Waals surface area contributed by atoms with Crippen LogP contribution in [0, 0.1) is 12.8 Å². The molecule has 1 aliphatic heterocycles. The standard InChI is InChI=1S/C21H28N4O5S2/c1-16-6-4-8-19(14-16)23-31(27,28)20-11-9-18(10-12-20)22-21(26)17-7-5-13-25(15-17)32(29,30)24(2)3/h4,6,8-12,14,17,23H,5,7,13,15H2,1-3H3,(H,22,26)/t17-/m0/s1. The number of carbonyl (C=O) groups excluding carboxylic acids is 1. The summed E-state index contributed by atoms with van der Waals surface area (Å²) < 4.78 is 54.9. The zero-order valence-corrected chi connectivity index (χ0v) is 19.9. The fourth-order valence-corrected chi connectivity index (χ4v) is 5.72. The molecule has 1 atom stereocenters. The number of rotatable bonds is 7. The highest BCUT2D eigenvalue weighted by molar-refractivity contribution is 7.92. The summed E-state index contributed by atoms with van der Waals surface area (Å²) in [5.41, 5.74) is 1.84. The number of benzene rings is 2. The first kappa shape index (κ1) is 24.2. The lowest BCUT2D eigenvalue weighted by Crippen LogP contribution is -2.47. The monoisotopic (exact) mass is 480 g/mol. The number of amides is 1. The number of aryl methyl sites for hydroxylation is 1. The van der Waals surface area contributed by atoms with Crippen LogP contribution in [-0.2, 0) is 25.0 Å². The molecule has 2 aromatic rings. The lowest BCUT2D eigenvalue weighted by Gasteiger charge is -2.32. The number of carbonyl (C=O) groups is 1. The predicted molar refractivity (Wildman–Crippen MR) is 124 cm³/mol. The fourth-order valence-electron chi connectivity index (χ4n) is 3.48. The zero-order valence-electron chi connectivity index (χ0n) is 18.3. The van der Waals surface area contributed by atoms with Gasteiger partial charge in [0, 0.05) is 38.6 Å². The van der Waals surface area contributed by atoms with Crippen molar-refractivity contribution in [2.24, 2.45) is 5.92 Å². The first-order valence-corrected chi connectivity index (χ1v) is 13.0. The van der Waals surface area contributed by atoms with Crippen molar-refractivity contribution in [3.8, 4) is 0 Å². The van der Waals surface area contributed by atoms with Crippen molar-refractivity contribution >= 4 is 37.5 Å². The molecule has 1 aliphatic rings. The molecule has 11 heteroatoms. The molecule has 32 heavy (non-hydrogen) atoms. The van der Waals surface area contributed by atoms with Crippen LogP contribution in [0.5, 0.6) is 0 Å². The van der Waals surface area contributed by atoms with Gasteiger partial charge >= 0.3 is 0 Å². The SMILES string of the molecule is Cc1cccc(NS(=O)(=O)c2ccc(NC(=O)[C@H]3CCCN(S(=O)(=O)N(C)C)C3)cc2)c1. The minimum atomic E-state index is -3.77. The van der Waals surface area contributed by atoms with Gasteiger partial charge in [0.05, 0.1) is 10.8 Å². The second kappa shape index (κ2) is 9.57. The van der Waals surface area contributed by atoms with Crippen LogP contribution in [0.3, 0.4) is 0 Å². The third kappa shape index (κ3) is 5.66. The minimum Gasteiger partial charge on any atom is -0.326 e. The fraction of sp³-hybridized carbons (Fsp3) is 0.381. The van der Waals surface area contributed by atoms with Gasteiger partial charge in [-0.15, -0.1) is 0 Å². The molecule has 3 rings (SSSR count). The average molecular weight is 481 g/mol. The van der Waals surface area contributed by atoms with Crippen molar-refractivity contribution < 1.29 is 21.6 Å². The van der Waals surface area contributed by atoms with E-state index in [0.29, 0.717) is 30.8 Å². The first-order chi connectivity index (χ1) is 15.0. The maximum Gasteiger partial charge on any atom is 0.281 e. The van der Waals surface area contributed by atoms with Gasteiger partial charge in [-0.2, -0.15) is 17.0 Å². The summed E-state index contributed by atoms with van der Waals surface area (Å²) in [6.45, 7) is 2.36. The van der Waals surface area contributed by atoms with Gasteiger partial charge in [0.25, 0.3) is 20.2 Å². The molecule has 0 radical (unpaired) electrons. The summed E-state index contributed by atoms with van der Waals surface area (Å²) >= 11 is 0. The van der Waals surface area contributed by atoms with E-state index in [2.05, 4.69) is 10.0 Å². The third-order valence-electron chi connectivity index (χ3n) is 5.25. The Morgan fingerprint density at radius 3 is 2.34 bits per heavy atom. The van der Waals surface area contributed by atoms with Gasteiger partial charge in [-0.25, -0.2) is 8.42 Å². The number of sulfonamides is 1. The maximum absolute atomic E-state index is 12.7. The summed E-state index contributed by atoms with van der Waals surface area (Å²) in [5.74, 6) is -0.776. The van der Waals surface area contributed by atoms with E-state index in [1.807, 2.05) is 13.0 Å². The quantitative estimate of drug-likeness (QED) is 0.631. The Morgan fingerprint density at radius 2 is 1.72 bits per heavy atom. The molecule has 174 valence electrons. The van der Waals surface area contributed by atoms with Crippen LogP contribution in [0.1, 0.15) is 18.4 Å². The lowest BCUT2D eigenvalue weighted by molar-refractivity contribution is -0.120. The van der Waals surface area contributed by atoms with Crippen LogP contribution < -0.4 is 10.0 Å². The van der Waals surface area contributed by atoms with E-state index in [0.717, 1.165) is 9.87 Å². The minimum absolute atomic E-state index is 0.0675. The Balaban J connectivity index is 1.65. The molecular weight excluding hydrogens is 452 g/mol. The zero-order chi connectivity index (χ0) is 23.5. The Hall–Kier alpha value is -2.47. The van der Waals surface area contributed by atoms with Crippen molar-refractivity contribution in [2.75, 3.05) is 37.2 Å². The Kier molecular flexibility index (Phi) is 7.23. The van der Waals surface area contributed by atoms with Crippen LogP contribution in [0.25, 0.3) is 0 Å². The summed E-state index contributed by atoms with van der Waals surface area (Å²) in [7, 11) is -4.42. The Morgan fingerprint density at radius 1 is 1.03 bits per heavy atom. The molecule has 2 aromatic carbocycles. The molecule has 1 fully saturated rings. The van der Waals surface area contributed by atoms with Crippen LogP contribution >= 0.6 is 0 Å². The van der Waals surface area contributed by atoms with E-state index in [-0.39, 0.29) is 17.3 Å². The number of nitrogens with one attached hydrogen (secondary N) is 2. The Labute approximate surface area is 189 Å². The van der Waals surface area contributed by atoms with Gasteiger partial charge in [-0.1, -0.05) is 12.1 Å². The van der Waals surface area contributed by atoms with E-state index < -0.39 is 26.2 Å². The Bertz CT molecular complexity index is 1180. The van der Waals surface area contributed by atoms with E-state index in [1.54, 1.807) is 18.2 Å². The third-order valence-corrected chi connectivity index (χ3v) is 8.55. The highest BCUT2D eigenvalue weighted by Crippen LogP contribution is 2.23. The van der Waals surface area contributed by atoms with Crippen LogP contribution in [0.15, 0.2) is 53.4 Å². The molecule has 0 bridgehead atoms. The summed E-state index contributed by atoms with van der Waals surface area (Å²) in [5, 5.41) is 2.76. The highest BCUT2D eigenvalue weighted by Gasteiger charge is 2.33. The van der Waals surface area contributed by atoms with Crippen LogP contribution in [-0.4, -0.2) is 58.5 Å². The summed E-state index contributed by atoms with van der Waals surface area (Å²) in [6, 6.07) is 12.9. The van der Waals surface area contributed by atoms with Gasteiger partial charge in [0.2, 0.25) is 5.91 Å². The van der Waals surface area contributed by atoms with Crippen LogP contribution in [0.2, 0.25) is 0 Å². The predicted octanol–water partition coefficient (Wildman–Crippen LogP) is 2.25. The largest absolute Gasteiger partial charge is 0.326 e. The molecule has 9 nitrogen and oxygen atoms in total. The molecular formula is C21H28N4O5S2. The van der Waals surface area contributed by atoms with E-state index >= 15 is 0 Å². The molecule has 1 amide bonds.